The first kappa shape index (κ1) is 66.4. The maximum absolute atomic E-state index is 15.5. The molecule has 0 aliphatic rings. The van der Waals surface area contributed by atoms with Gasteiger partial charge in [-0.2, -0.15) is 0 Å². The number of nitrogens with one attached hydrogen (secondary N) is 4. The third-order valence-electron chi connectivity index (χ3n) is 19.1. The van der Waals surface area contributed by atoms with Gasteiger partial charge in [-0.15, -0.1) is 0 Å². The van der Waals surface area contributed by atoms with Gasteiger partial charge >= 0.3 is 0 Å². The van der Waals surface area contributed by atoms with Crippen LogP contribution in [0.3, 0.4) is 0 Å². The Labute approximate surface area is 573 Å². The number of rotatable bonds is 32. The Balaban J connectivity index is 0.852. The van der Waals surface area contributed by atoms with Crippen LogP contribution in [0.2, 0.25) is 0 Å². The maximum Gasteiger partial charge on any atom is 0.222 e. The smallest absolute Gasteiger partial charge is 0.222 e. The molecule has 484 valence electrons. The van der Waals surface area contributed by atoms with Crippen molar-refractivity contribution in [1.29, 1.82) is 0 Å². The number of hydrogen-bond donors (Lipinski definition) is 4. The molecule has 12 aromatic rings. The fraction of sp³-hybridized carbons (Fsp3) is 0.169. The highest BCUT2D eigenvalue weighted by Crippen LogP contribution is 2.41. The van der Waals surface area contributed by atoms with E-state index in [2.05, 4.69) is 385 Å². The molecule has 97 heavy (non-hydrogen) atoms. The zero-order valence-corrected chi connectivity index (χ0v) is 55.1. The molecule has 0 spiro atoms. The van der Waals surface area contributed by atoms with Gasteiger partial charge in [-0.1, -0.05) is 364 Å². The maximum atomic E-state index is 15.5. The summed E-state index contributed by atoms with van der Waals surface area (Å²) in [5.41, 5.74) is 10.1. The lowest BCUT2D eigenvalue weighted by Gasteiger charge is -2.39. The van der Waals surface area contributed by atoms with Crippen LogP contribution in [0.25, 0.3) is 0 Å². The molecule has 0 unspecified atom stereocenters. The van der Waals surface area contributed by atoms with E-state index in [1.54, 1.807) is 0 Å². The van der Waals surface area contributed by atoms with E-state index in [0.29, 0.717) is 58.8 Å². The molecule has 2 amide bonds. The summed E-state index contributed by atoms with van der Waals surface area (Å²) in [5.74, 6) is -0.0324. The average Bonchev–Trinajstić information content (AvgIpc) is 0.794. The van der Waals surface area contributed by atoms with Crippen molar-refractivity contribution in [2.75, 3.05) is 52.4 Å². The summed E-state index contributed by atoms with van der Waals surface area (Å²) in [6.07, 6.45) is 0.716. The molecule has 8 nitrogen and oxygen atoms in total. The lowest BCUT2D eigenvalue weighted by Crippen LogP contribution is -2.51. The Hall–Kier alpha value is -10.6. The third-order valence-corrected chi connectivity index (χ3v) is 19.1. The molecule has 12 aromatic carbocycles. The molecule has 0 fully saturated rings. The zero-order valence-electron chi connectivity index (χ0n) is 55.1. The van der Waals surface area contributed by atoms with Crippen molar-refractivity contribution < 1.29 is 9.59 Å². The minimum absolute atomic E-state index is 0.0162. The Morgan fingerprint density at radius 3 is 0.454 bits per heavy atom. The second-order valence-electron chi connectivity index (χ2n) is 24.7. The van der Waals surface area contributed by atoms with Crippen molar-refractivity contribution in [3.8, 4) is 0 Å². The van der Waals surface area contributed by atoms with E-state index >= 15 is 9.59 Å². The monoisotopic (exact) mass is 1270 g/mol. The van der Waals surface area contributed by atoms with Crippen LogP contribution in [0.5, 0.6) is 0 Å². The van der Waals surface area contributed by atoms with Crippen LogP contribution in [0.4, 0.5) is 0 Å². The van der Waals surface area contributed by atoms with Gasteiger partial charge in [0, 0.05) is 65.2 Å². The van der Waals surface area contributed by atoms with Gasteiger partial charge in [-0.05, 0) is 73.2 Å². The quantitative estimate of drug-likeness (QED) is 0.0314. The first-order valence-electron chi connectivity index (χ1n) is 34.2. The summed E-state index contributed by atoms with van der Waals surface area (Å²) in [7, 11) is 0. The van der Waals surface area contributed by atoms with E-state index in [1.165, 1.54) is 0 Å². The predicted octanol–water partition coefficient (Wildman–Crippen LogP) is 16.1. The lowest BCUT2D eigenvalue weighted by molar-refractivity contribution is -0.132. The SMILES string of the molecule is O=C(CCCC(=O)N(CCNC(c1ccccc1)(c1ccccc1)c1ccccc1)CCNC(c1ccccc1)(c1ccccc1)c1ccccc1)N(CCNC(c1ccccc1)(c1ccccc1)c1ccccc1)CCNC(c1ccccc1)(c1ccccc1)c1ccccc1. The molecular formula is C89H86N6O2. The van der Waals surface area contributed by atoms with E-state index in [0.717, 1.165) is 66.8 Å². The summed E-state index contributed by atoms with van der Waals surface area (Å²) in [4.78, 5) is 35.0. The van der Waals surface area contributed by atoms with Gasteiger partial charge in [0.15, 0.2) is 0 Å². The topological polar surface area (TPSA) is 88.7 Å². The predicted molar refractivity (Wildman–Crippen MR) is 396 cm³/mol. The van der Waals surface area contributed by atoms with Crippen LogP contribution in [-0.4, -0.2) is 74.0 Å². The van der Waals surface area contributed by atoms with Crippen LogP contribution in [0.15, 0.2) is 364 Å². The van der Waals surface area contributed by atoms with Crippen LogP contribution in [0.1, 0.15) is 86.0 Å². The van der Waals surface area contributed by atoms with Crippen LogP contribution in [0, 0.1) is 0 Å². The van der Waals surface area contributed by atoms with E-state index in [9.17, 15) is 0 Å². The summed E-state index contributed by atoms with van der Waals surface area (Å²) >= 11 is 0. The third kappa shape index (κ3) is 14.9. The summed E-state index contributed by atoms with van der Waals surface area (Å²) in [6, 6.07) is 127. The molecule has 12 rings (SSSR count). The van der Waals surface area contributed by atoms with Gasteiger partial charge in [-0.3, -0.25) is 30.9 Å². The van der Waals surface area contributed by atoms with Crippen molar-refractivity contribution in [1.82, 2.24) is 31.1 Å². The number of amides is 2. The van der Waals surface area contributed by atoms with E-state index in [1.807, 2.05) is 9.80 Å². The largest absolute Gasteiger partial charge is 0.340 e. The van der Waals surface area contributed by atoms with Crippen molar-refractivity contribution in [2.45, 2.75) is 41.4 Å². The minimum atomic E-state index is -0.745. The average molecular weight is 1270 g/mol. The van der Waals surface area contributed by atoms with E-state index in [-0.39, 0.29) is 24.7 Å². The minimum Gasteiger partial charge on any atom is -0.340 e. The van der Waals surface area contributed by atoms with Gasteiger partial charge in [0.25, 0.3) is 0 Å². The standard InChI is InChI=1S/C89H86N6O2/c96-84(94(68-64-90-86(72-38-13-1-14-39-72,73-40-15-2-16-41-73)74-42-17-3-18-43-74)69-65-91-87(75-44-19-4-20-45-75,76-46-21-5-22-47-76)77-48-23-6-24-49-77)62-37-63-85(97)95(70-66-92-88(78-50-25-7-26-51-78,79-52-27-8-28-53-79)80-54-29-9-30-55-80)71-67-93-89(81-56-31-10-32-57-81,82-58-33-11-34-59-82)83-60-35-12-36-61-83/h1-36,38-61,90-93H,37,62-71H2. The fourth-order valence-corrected chi connectivity index (χ4v) is 14.4. The molecule has 0 saturated heterocycles. The first-order chi connectivity index (χ1) is 47.9. The fourth-order valence-electron chi connectivity index (χ4n) is 14.4. The molecule has 0 atom stereocenters. The highest BCUT2D eigenvalue weighted by molar-refractivity contribution is 5.79. The molecule has 0 aliphatic carbocycles. The number of nitrogens with zero attached hydrogens (tertiary/aromatic N) is 2. The summed E-state index contributed by atoms with van der Waals surface area (Å²) in [6.45, 7) is 3.46. The van der Waals surface area contributed by atoms with Crippen molar-refractivity contribution in [3.05, 3.63) is 431 Å². The summed E-state index contributed by atoms with van der Waals surface area (Å²) < 4.78 is 0. The lowest BCUT2D eigenvalue weighted by atomic mass is 9.77. The molecule has 0 aromatic heterocycles. The highest BCUT2D eigenvalue weighted by Gasteiger charge is 2.40. The molecule has 4 N–H and O–H groups in total. The molecule has 0 heterocycles. The van der Waals surface area contributed by atoms with Gasteiger partial charge in [0.05, 0.1) is 22.2 Å². The second kappa shape index (κ2) is 32.7. The van der Waals surface area contributed by atoms with Crippen LogP contribution >= 0.6 is 0 Å². The van der Waals surface area contributed by atoms with E-state index < -0.39 is 22.2 Å². The van der Waals surface area contributed by atoms with Crippen molar-refractivity contribution >= 4 is 11.8 Å². The van der Waals surface area contributed by atoms with Gasteiger partial charge in [0.2, 0.25) is 11.8 Å². The Kier molecular flexibility index (Phi) is 22.4. The normalized spacial score (nSPS) is 11.8. The van der Waals surface area contributed by atoms with Crippen molar-refractivity contribution in [3.63, 3.8) is 0 Å². The number of carbonyl (C=O) groups excluding carboxylic acids is 2. The van der Waals surface area contributed by atoms with Gasteiger partial charge < -0.3 is 9.80 Å². The van der Waals surface area contributed by atoms with Crippen LogP contribution in [-0.2, 0) is 31.7 Å². The number of carbonyl (C=O) groups is 2. The molecule has 0 bridgehead atoms. The molecular weight excluding hydrogens is 1190 g/mol. The highest BCUT2D eigenvalue weighted by atomic mass is 16.2. The zero-order chi connectivity index (χ0) is 66.3. The Morgan fingerprint density at radius 2 is 0.330 bits per heavy atom. The second-order valence-corrected chi connectivity index (χ2v) is 24.7. The molecule has 0 aliphatic heterocycles. The van der Waals surface area contributed by atoms with Crippen LogP contribution < -0.4 is 21.3 Å². The molecule has 0 radical (unpaired) electrons. The van der Waals surface area contributed by atoms with E-state index in [4.69, 9.17) is 0 Å². The first-order valence-corrected chi connectivity index (χ1v) is 34.2. The summed E-state index contributed by atoms with van der Waals surface area (Å²) in [5, 5.41) is 16.3. The Bertz CT molecular complexity index is 3350. The number of hydrogen-bond acceptors (Lipinski definition) is 6. The van der Waals surface area contributed by atoms with Crippen molar-refractivity contribution in [2.24, 2.45) is 0 Å². The Morgan fingerprint density at radius 1 is 0.206 bits per heavy atom. The van der Waals surface area contributed by atoms with Gasteiger partial charge in [-0.25, -0.2) is 0 Å². The molecule has 8 heteroatoms. The van der Waals surface area contributed by atoms with Gasteiger partial charge in [0.1, 0.15) is 0 Å². The number of benzene rings is 12. The molecule has 0 saturated carbocycles.